The topological polar surface area (TPSA) is 62.8 Å². The number of nitrogens with one attached hydrogen (secondary N) is 1. The molecule has 1 aliphatic rings. The average Bonchev–Trinajstić information content (AvgIpc) is 2.83. The first-order valence-corrected chi connectivity index (χ1v) is 12.3. The standard InChI is InChI=1S/C30H38N4S/c1-8-11-23(30-20(3)12-10-13-28(30)35)16-26(27(9-2)33-7)24-15-14-21(4)29(22(5)34-19-24)25(17-31)18-32-6/h9-19,33,35H,8,31H2,1-7H3/b15-14?,21-14-,23-11-,24-15+,24-19?,25-17?,26-16-,27-9+,29-21?,29-22+,32-18?,34-19?,34-22?. The van der Waals surface area contributed by atoms with Crippen LogP contribution < -0.4 is 11.1 Å². The normalized spacial score (nSPS) is 21.4. The zero-order chi connectivity index (χ0) is 26.0. The number of benzene rings is 1. The Hall–Kier alpha value is -3.31. The average molecular weight is 487 g/mol. The highest BCUT2D eigenvalue weighted by atomic mass is 32.1. The van der Waals surface area contributed by atoms with Gasteiger partial charge in [0.15, 0.2) is 0 Å². The van der Waals surface area contributed by atoms with Crippen molar-refractivity contribution >= 4 is 30.6 Å². The van der Waals surface area contributed by atoms with E-state index < -0.39 is 0 Å². The van der Waals surface area contributed by atoms with Crippen LogP contribution in [0.25, 0.3) is 5.57 Å². The second-order valence-corrected chi connectivity index (χ2v) is 8.73. The van der Waals surface area contributed by atoms with Crippen LogP contribution in [0.2, 0.25) is 0 Å². The highest BCUT2D eigenvalue weighted by Crippen LogP contribution is 2.32. The SMILES string of the molecule is C\C=C(NC)/C(=C\C(=C\CC)c1c(C)cccc1S)C1=C/C=C(C)\C(C(C=NC)=CN)=C(\C)N=C\1. The highest BCUT2D eigenvalue weighted by molar-refractivity contribution is 7.80. The number of thiol groups is 1. The van der Waals surface area contributed by atoms with Gasteiger partial charge in [0.05, 0.1) is 0 Å². The van der Waals surface area contributed by atoms with Crippen LogP contribution in [-0.4, -0.2) is 26.5 Å². The fourth-order valence-corrected chi connectivity index (χ4v) is 4.56. The minimum Gasteiger partial charge on any atom is -0.404 e. The van der Waals surface area contributed by atoms with Crippen LogP contribution in [0, 0.1) is 6.92 Å². The molecule has 0 fully saturated rings. The monoisotopic (exact) mass is 486 g/mol. The van der Waals surface area contributed by atoms with Gasteiger partial charge in [0.2, 0.25) is 0 Å². The Kier molecular flexibility index (Phi) is 10.8. The number of nitrogens with two attached hydrogens (primary N) is 1. The highest BCUT2D eigenvalue weighted by Gasteiger charge is 2.15. The van der Waals surface area contributed by atoms with E-state index in [1.807, 2.05) is 39.2 Å². The second-order valence-electron chi connectivity index (χ2n) is 8.25. The zero-order valence-corrected chi connectivity index (χ0v) is 22.9. The van der Waals surface area contributed by atoms with Crippen LogP contribution >= 0.6 is 12.6 Å². The predicted molar refractivity (Wildman–Crippen MR) is 157 cm³/mol. The fraction of sp³-hybridized carbons (Fsp3) is 0.267. The summed E-state index contributed by atoms with van der Waals surface area (Å²) in [5, 5.41) is 3.36. The Labute approximate surface area is 216 Å². The summed E-state index contributed by atoms with van der Waals surface area (Å²) in [5.74, 6) is 0. The van der Waals surface area contributed by atoms with E-state index in [-0.39, 0.29) is 0 Å². The molecule has 0 spiro atoms. The van der Waals surface area contributed by atoms with E-state index in [2.05, 4.69) is 67.5 Å². The summed E-state index contributed by atoms with van der Waals surface area (Å²) in [6.45, 7) is 10.4. The van der Waals surface area contributed by atoms with E-state index in [4.69, 9.17) is 23.4 Å². The van der Waals surface area contributed by atoms with Crippen molar-refractivity contribution in [2.45, 2.75) is 45.9 Å². The first kappa shape index (κ1) is 27.9. The van der Waals surface area contributed by atoms with Crippen LogP contribution in [0.4, 0.5) is 0 Å². The molecule has 2 rings (SSSR count). The summed E-state index contributed by atoms with van der Waals surface area (Å²) in [7, 11) is 3.68. The molecule has 35 heavy (non-hydrogen) atoms. The quantitative estimate of drug-likeness (QED) is 0.213. The molecule has 5 heteroatoms. The van der Waals surface area contributed by atoms with Crippen molar-refractivity contribution < 1.29 is 0 Å². The van der Waals surface area contributed by atoms with Gasteiger partial charge in [-0.3, -0.25) is 9.98 Å². The lowest BCUT2D eigenvalue weighted by Crippen LogP contribution is -2.11. The molecule has 0 aromatic heterocycles. The number of allylic oxidation sites excluding steroid dienone is 11. The fourth-order valence-electron chi connectivity index (χ4n) is 4.17. The maximum absolute atomic E-state index is 5.90. The molecule has 0 unspecified atom stereocenters. The molecule has 184 valence electrons. The van der Waals surface area contributed by atoms with Crippen molar-refractivity contribution in [1.29, 1.82) is 0 Å². The van der Waals surface area contributed by atoms with Crippen LogP contribution in [0.5, 0.6) is 0 Å². The van der Waals surface area contributed by atoms with Gasteiger partial charge in [0.1, 0.15) is 0 Å². The summed E-state index contributed by atoms with van der Waals surface area (Å²) < 4.78 is 0. The van der Waals surface area contributed by atoms with Gasteiger partial charge in [-0.15, -0.1) is 12.6 Å². The molecule has 1 aromatic carbocycles. The lowest BCUT2D eigenvalue weighted by Gasteiger charge is -2.18. The molecule has 0 amide bonds. The molecule has 0 atom stereocenters. The predicted octanol–water partition coefficient (Wildman–Crippen LogP) is 6.90. The Morgan fingerprint density at radius 2 is 1.91 bits per heavy atom. The van der Waals surface area contributed by atoms with Crippen molar-refractivity contribution in [3.63, 3.8) is 0 Å². The molecule has 0 radical (unpaired) electrons. The third-order valence-corrected chi connectivity index (χ3v) is 6.20. The van der Waals surface area contributed by atoms with E-state index >= 15 is 0 Å². The first-order valence-electron chi connectivity index (χ1n) is 11.9. The largest absolute Gasteiger partial charge is 0.404 e. The Morgan fingerprint density at radius 3 is 2.49 bits per heavy atom. The molecule has 1 aromatic rings. The third kappa shape index (κ3) is 6.86. The van der Waals surface area contributed by atoms with E-state index in [1.165, 1.54) is 5.56 Å². The zero-order valence-electron chi connectivity index (χ0n) is 22.0. The van der Waals surface area contributed by atoms with Gasteiger partial charge in [-0.05, 0) is 68.5 Å². The van der Waals surface area contributed by atoms with Gasteiger partial charge in [-0.2, -0.15) is 0 Å². The van der Waals surface area contributed by atoms with Crippen molar-refractivity contribution in [3.05, 3.63) is 105 Å². The Bertz CT molecular complexity index is 1190. The molecule has 0 saturated carbocycles. The number of hydrogen-bond donors (Lipinski definition) is 3. The van der Waals surface area contributed by atoms with Gasteiger partial charge in [-0.25, -0.2) is 0 Å². The summed E-state index contributed by atoms with van der Waals surface area (Å²) in [4.78, 5) is 9.95. The molecular formula is C30H38N4S. The molecule has 4 nitrogen and oxygen atoms in total. The minimum absolute atomic E-state index is 0.849. The van der Waals surface area contributed by atoms with Crippen LogP contribution in [0.1, 0.15) is 45.2 Å². The lowest BCUT2D eigenvalue weighted by atomic mass is 9.92. The number of rotatable bonds is 8. The van der Waals surface area contributed by atoms with Crippen molar-refractivity contribution in [3.8, 4) is 0 Å². The van der Waals surface area contributed by atoms with E-state index in [9.17, 15) is 0 Å². The summed E-state index contributed by atoms with van der Waals surface area (Å²) in [5.41, 5.74) is 16.2. The second kappa shape index (κ2) is 13.5. The molecule has 0 aliphatic carbocycles. The molecule has 0 bridgehead atoms. The van der Waals surface area contributed by atoms with Crippen molar-refractivity contribution in [2.24, 2.45) is 15.7 Å². The smallest absolute Gasteiger partial charge is 0.0454 e. The molecule has 1 aliphatic heterocycles. The first-order chi connectivity index (χ1) is 16.8. The number of aliphatic imine (C=N–C) groups is 2. The summed E-state index contributed by atoms with van der Waals surface area (Å²) in [6, 6.07) is 6.20. The number of hydrogen-bond acceptors (Lipinski definition) is 5. The molecular weight excluding hydrogens is 448 g/mol. The minimum atomic E-state index is 0.849. The van der Waals surface area contributed by atoms with Crippen LogP contribution in [0.3, 0.4) is 0 Å². The van der Waals surface area contributed by atoms with E-state index in [1.54, 1.807) is 19.5 Å². The lowest BCUT2D eigenvalue weighted by molar-refractivity contribution is 1.00. The van der Waals surface area contributed by atoms with Gasteiger partial charge in [0, 0.05) is 71.3 Å². The third-order valence-electron chi connectivity index (χ3n) is 5.83. The molecule has 3 N–H and O–H groups in total. The summed E-state index contributed by atoms with van der Waals surface area (Å²) in [6.07, 6.45) is 17.0. The Balaban J connectivity index is 2.75. The molecule has 0 saturated heterocycles. The summed E-state index contributed by atoms with van der Waals surface area (Å²) >= 11 is 4.77. The maximum atomic E-state index is 5.90. The van der Waals surface area contributed by atoms with Crippen LogP contribution in [-0.2, 0) is 0 Å². The van der Waals surface area contributed by atoms with Crippen molar-refractivity contribution in [2.75, 3.05) is 14.1 Å². The van der Waals surface area contributed by atoms with Gasteiger partial charge < -0.3 is 11.1 Å². The Morgan fingerprint density at radius 1 is 1.17 bits per heavy atom. The number of nitrogens with zero attached hydrogens (tertiary/aromatic N) is 2. The van der Waals surface area contributed by atoms with Gasteiger partial charge in [-0.1, -0.05) is 43.4 Å². The van der Waals surface area contributed by atoms with Gasteiger partial charge >= 0.3 is 0 Å². The van der Waals surface area contributed by atoms with Gasteiger partial charge in [0.25, 0.3) is 0 Å². The van der Waals surface area contributed by atoms with E-state index in [0.29, 0.717) is 0 Å². The molecule has 1 heterocycles. The van der Waals surface area contributed by atoms with E-state index in [0.717, 1.165) is 61.7 Å². The number of likely N-dealkylation sites (N-methyl/N-ethyl adjacent to an activating group) is 1. The number of aryl methyl sites for hydroxylation is 1. The van der Waals surface area contributed by atoms with Crippen LogP contribution in [0.15, 0.2) is 109 Å². The maximum Gasteiger partial charge on any atom is 0.0454 e. The van der Waals surface area contributed by atoms with Crippen molar-refractivity contribution in [1.82, 2.24) is 5.32 Å².